The van der Waals surface area contributed by atoms with Crippen LogP contribution in [-0.2, 0) is 12.1 Å². The number of nitrogens with zero attached hydrogens (tertiary/aromatic N) is 2. The molecule has 1 heterocycles. The molecule has 3 nitrogen and oxygen atoms in total. The number of rotatable bonds is 5. The summed E-state index contributed by atoms with van der Waals surface area (Å²) in [5, 5.41) is 10.7. The molecule has 4 heteroatoms. The SMILES string of the molecule is C=CCC(O)(Cn1ccnc1)c1ccc(F)cc1. The van der Waals surface area contributed by atoms with Crippen LogP contribution in [0.5, 0.6) is 0 Å². The quantitative estimate of drug-likeness (QED) is 0.823. The Balaban J connectivity index is 2.30. The van der Waals surface area contributed by atoms with E-state index in [4.69, 9.17) is 0 Å². The molecule has 1 N–H and O–H groups in total. The Morgan fingerprint density at radius 1 is 1.39 bits per heavy atom. The van der Waals surface area contributed by atoms with Crippen molar-refractivity contribution in [3.05, 3.63) is 67.0 Å². The molecule has 94 valence electrons. The number of benzene rings is 1. The highest BCUT2D eigenvalue weighted by atomic mass is 19.1. The summed E-state index contributed by atoms with van der Waals surface area (Å²) in [6.07, 6.45) is 7.10. The molecule has 1 aromatic heterocycles. The number of aliphatic hydroxyl groups is 1. The Morgan fingerprint density at radius 3 is 2.67 bits per heavy atom. The first-order valence-corrected chi connectivity index (χ1v) is 5.69. The fourth-order valence-corrected chi connectivity index (χ4v) is 1.95. The van der Waals surface area contributed by atoms with Crippen molar-refractivity contribution >= 4 is 0 Å². The molecule has 1 aromatic carbocycles. The average molecular weight is 246 g/mol. The molecular formula is C14H15FN2O. The summed E-state index contributed by atoms with van der Waals surface area (Å²) in [7, 11) is 0. The topological polar surface area (TPSA) is 38.0 Å². The minimum atomic E-state index is -1.10. The van der Waals surface area contributed by atoms with Gasteiger partial charge in [0, 0.05) is 12.4 Å². The minimum Gasteiger partial charge on any atom is -0.383 e. The molecule has 1 unspecified atom stereocenters. The monoisotopic (exact) mass is 246 g/mol. The van der Waals surface area contributed by atoms with E-state index in [2.05, 4.69) is 11.6 Å². The third-order valence-corrected chi connectivity index (χ3v) is 2.87. The highest BCUT2D eigenvalue weighted by Gasteiger charge is 2.28. The molecule has 0 aliphatic carbocycles. The van der Waals surface area contributed by atoms with Crippen LogP contribution < -0.4 is 0 Å². The summed E-state index contributed by atoms with van der Waals surface area (Å²) in [5.41, 5.74) is -0.437. The van der Waals surface area contributed by atoms with E-state index in [1.165, 1.54) is 12.1 Å². The summed E-state index contributed by atoms with van der Waals surface area (Å²) >= 11 is 0. The third-order valence-electron chi connectivity index (χ3n) is 2.87. The van der Waals surface area contributed by atoms with Crippen LogP contribution in [0.2, 0.25) is 0 Å². The molecule has 0 fully saturated rings. The van der Waals surface area contributed by atoms with E-state index in [0.717, 1.165) is 0 Å². The van der Waals surface area contributed by atoms with Crippen molar-refractivity contribution in [1.82, 2.24) is 9.55 Å². The number of halogens is 1. The van der Waals surface area contributed by atoms with Crippen molar-refractivity contribution in [1.29, 1.82) is 0 Å². The summed E-state index contributed by atoms with van der Waals surface area (Å²) < 4.78 is 14.7. The van der Waals surface area contributed by atoms with Crippen molar-refractivity contribution < 1.29 is 9.50 Å². The Labute approximate surface area is 105 Å². The van der Waals surface area contributed by atoms with E-state index < -0.39 is 5.60 Å². The summed E-state index contributed by atoms with van der Waals surface area (Å²) in [6, 6.07) is 5.88. The van der Waals surface area contributed by atoms with E-state index in [0.29, 0.717) is 18.5 Å². The smallest absolute Gasteiger partial charge is 0.123 e. The second-order valence-electron chi connectivity index (χ2n) is 4.27. The van der Waals surface area contributed by atoms with Crippen molar-refractivity contribution in [2.75, 3.05) is 0 Å². The predicted molar refractivity (Wildman–Crippen MR) is 67.3 cm³/mol. The second-order valence-corrected chi connectivity index (χ2v) is 4.27. The van der Waals surface area contributed by atoms with Gasteiger partial charge in [0.2, 0.25) is 0 Å². The Bertz CT molecular complexity index is 507. The van der Waals surface area contributed by atoms with Crippen LogP contribution in [0, 0.1) is 5.82 Å². The first-order chi connectivity index (χ1) is 8.64. The molecule has 0 aliphatic rings. The maximum absolute atomic E-state index is 12.9. The van der Waals surface area contributed by atoms with Crippen LogP contribution in [0.1, 0.15) is 12.0 Å². The molecule has 18 heavy (non-hydrogen) atoms. The first-order valence-electron chi connectivity index (χ1n) is 5.69. The number of hydrogen-bond donors (Lipinski definition) is 1. The zero-order valence-corrected chi connectivity index (χ0v) is 9.96. The molecule has 1 atom stereocenters. The molecule has 0 aliphatic heterocycles. The van der Waals surface area contributed by atoms with Gasteiger partial charge in [-0.15, -0.1) is 6.58 Å². The molecule has 0 bridgehead atoms. The van der Waals surface area contributed by atoms with Gasteiger partial charge in [-0.1, -0.05) is 18.2 Å². The Kier molecular flexibility index (Phi) is 3.58. The molecule has 2 rings (SSSR count). The molecule has 0 amide bonds. The lowest BCUT2D eigenvalue weighted by Crippen LogP contribution is -2.30. The van der Waals surface area contributed by atoms with Gasteiger partial charge in [-0.25, -0.2) is 9.37 Å². The standard InChI is InChI=1S/C14H15FN2O/c1-2-7-14(18,10-17-9-8-16-11-17)12-3-5-13(15)6-4-12/h2-6,8-9,11,18H,1,7,10H2. The fourth-order valence-electron chi connectivity index (χ4n) is 1.95. The lowest BCUT2D eigenvalue weighted by atomic mass is 9.90. The van der Waals surface area contributed by atoms with Gasteiger partial charge in [-0.3, -0.25) is 0 Å². The normalized spacial score (nSPS) is 14.1. The van der Waals surface area contributed by atoms with Gasteiger partial charge in [0.1, 0.15) is 11.4 Å². The zero-order valence-electron chi connectivity index (χ0n) is 9.96. The molecule has 0 saturated carbocycles. The number of hydrogen-bond acceptors (Lipinski definition) is 2. The van der Waals surface area contributed by atoms with Crippen molar-refractivity contribution in [2.45, 2.75) is 18.6 Å². The lowest BCUT2D eigenvalue weighted by molar-refractivity contribution is 0.0213. The van der Waals surface area contributed by atoms with Crippen molar-refractivity contribution in [3.63, 3.8) is 0 Å². The largest absolute Gasteiger partial charge is 0.383 e. The van der Waals surface area contributed by atoms with Gasteiger partial charge in [-0.2, -0.15) is 0 Å². The highest BCUT2D eigenvalue weighted by molar-refractivity contribution is 5.24. The van der Waals surface area contributed by atoms with Crippen molar-refractivity contribution in [3.8, 4) is 0 Å². The Morgan fingerprint density at radius 2 is 2.11 bits per heavy atom. The van der Waals surface area contributed by atoms with E-state index in [1.54, 1.807) is 41.5 Å². The summed E-state index contributed by atoms with van der Waals surface area (Å²) in [6.45, 7) is 4.01. The average Bonchev–Trinajstić information content (AvgIpc) is 2.82. The van der Waals surface area contributed by atoms with E-state index in [-0.39, 0.29) is 5.82 Å². The van der Waals surface area contributed by atoms with Gasteiger partial charge in [0.15, 0.2) is 0 Å². The third kappa shape index (κ3) is 2.65. The number of aromatic nitrogens is 2. The molecule has 0 radical (unpaired) electrons. The van der Waals surface area contributed by atoms with Gasteiger partial charge < -0.3 is 9.67 Å². The summed E-state index contributed by atoms with van der Waals surface area (Å²) in [5.74, 6) is -0.317. The maximum atomic E-state index is 12.9. The van der Waals surface area contributed by atoms with Crippen LogP contribution in [-0.4, -0.2) is 14.7 Å². The minimum absolute atomic E-state index is 0.317. The molecular weight excluding hydrogens is 231 g/mol. The highest BCUT2D eigenvalue weighted by Crippen LogP contribution is 2.27. The molecule has 2 aromatic rings. The van der Waals surface area contributed by atoms with Gasteiger partial charge in [0.05, 0.1) is 12.9 Å². The van der Waals surface area contributed by atoms with Crippen LogP contribution in [0.15, 0.2) is 55.6 Å². The lowest BCUT2D eigenvalue weighted by Gasteiger charge is -2.28. The van der Waals surface area contributed by atoms with Crippen molar-refractivity contribution in [2.24, 2.45) is 0 Å². The van der Waals surface area contributed by atoms with Crippen LogP contribution in [0.3, 0.4) is 0 Å². The fraction of sp³-hybridized carbons (Fsp3) is 0.214. The van der Waals surface area contributed by atoms with Gasteiger partial charge in [-0.05, 0) is 24.1 Å². The summed E-state index contributed by atoms with van der Waals surface area (Å²) in [4.78, 5) is 3.94. The van der Waals surface area contributed by atoms with E-state index >= 15 is 0 Å². The molecule has 0 spiro atoms. The maximum Gasteiger partial charge on any atom is 0.123 e. The second kappa shape index (κ2) is 5.14. The van der Waals surface area contributed by atoms with Crippen LogP contribution in [0.4, 0.5) is 4.39 Å². The first kappa shape index (κ1) is 12.5. The van der Waals surface area contributed by atoms with Gasteiger partial charge >= 0.3 is 0 Å². The van der Waals surface area contributed by atoms with E-state index in [9.17, 15) is 9.50 Å². The van der Waals surface area contributed by atoms with Crippen LogP contribution in [0.25, 0.3) is 0 Å². The molecule has 0 saturated heterocycles. The predicted octanol–water partition coefficient (Wildman–Crippen LogP) is 2.49. The van der Waals surface area contributed by atoms with Gasteiger partial charge in [0.25, 0.3) is 0 Å². The van der Waals surface area contributed by atoms with Crippen LogP contribution >= 0.6 is 0 Å². The van der Waals surface area contributed by atoms with E-state index in [1.807, 2.05) is 0 Å². The number of imidazole rings is 1. The zero-order chi connectivity index (χ0) is 13.0. The Hall–Kier alpha value is -1.94.